The SMILES string of the molecule is COc1ccc(C(=O)c2c(F)c(F)c(N)c(F)c2F)c(OC)c1. The van der Waals surface area contributed by atoms with Gasteiger partial charge >= 0.3 is 0 Å². The molecule has 0 fully saturated rings. The number of nitrogens with two attached hydrogens (primary N) is 1. The molecule has 0 radical (unpaired) electrons. The molecule has 8 heteroatoms. The first-order valence-corrected chi connectivity index (χ1v) is 6.21. The van der Waals surface area contributed by atoms with Gasteiger partial charge in [0.1, 0.15) is 22.7 Å². The monoisotopic (exact) mass is 329 g/mol. The van der Waals surface area contributed by atoms with Crippen molar-refractivity contribution in [1.29, 1.82) is 0 Å². The van der Waals surface area contributed by atoms with Crippen LogP contribution in [0.5, 0.6) is 11.5 Å². The van der Waals surface area contributed by atoms with E-state index in [0.29, 0.717) is 5.75 Å². The summed E-state index contributed by atoms with van der Waals surface area (Å²) in [5.41, 5.74) is 1.88. The number of carbonyl (C=O) groups is 1. The second-order valence-corrected chi connectivity index (χ2v) is 4.44. The topological polar surface area (TPSA) is 61.5 Å². The highest BCUT2D eigenvalue weighted by Gasteiger charge is 2.30. The van der Waals surface area contributed by atoms with Gasteiger partial charge < -0.3 is 15.2 Å². The Morgan fingerprint density at radius 2 is 1.52 bits per heavy atom. The van der Waals surface area contributed by atoms with Crippen molar-refractivity contribution in [3.05, 3.63) is 52.6 Å². The van der Waals surface area contributed by atoms with Crippen molar-refractivity contribution in [3.63, 3.8) is 0 Å². The zero-order valence-corrected chi connectivity index (χ0v) is 12.0. The lowest BCUT2D eigenvalue weighted by Gasteiger charge is -2.12. The summed E-state index contributed by atoms with van der Waals surface area (Å²) in [5, 5.41) is 0. The summed E-state index contributed by atoms with van der Waals surface area (Å²) in [6.07, 6.45) is 0. The zero-order valence-electron chi connectivity index (χ0n) is 12.0. The molecule has 0 heterocycles. The highest BCUT2D eigenvalue weighted by molar-refractivity contribution is 6.11. The van der Waals surface area contributed by atoms with Gasteiger partial charge in [0, 0.05) is 6.07 Å². The molecule has 0 aliphatic rings. The fourth-order valence-electron chi connectivity index (χ4n) is 1.97. The van der Waals surface area contributed by atoms with Crippen LogP contribution in [0.3, 0.4) is 0 Å². The van der Waals surface area contributed by atoms with E-state index in [1.807, 2.05) is 0 Å². The lowest BCUT2D eigenvalue weighted by molar-refractivity contribution is 0.102. The third-order valence-corrected chi connectivity index (χ3v) is 3.18. The van der Waals surface area contributed by atoms with Crippen molar-refractivity contribution in [2.24, 2.45) is 0 Å². The number of nitrogen functional groups attached to an aromatic ring is 1. The van der Waals surface area contributed by atoms with E-state index in [2.05, 4.69) is 0 Å². The molecule has 122 valence electrons. The Hall–Kier alpha value is -2.77. The van der Waals surface area contributed by atoms with Crippen LogP contribution in [-0.4, -0.2) is 20.0 Å². The molecule has 4 nitrogen and oxygen atoms in total. The smallest absolute Gasteiger partial charge is 0.202 e. The molecule has 0 aromatic heterocycles. The van der Waals surface area contributed by atoms with Crippen molar-refractivity contribution in [2.75, 3.05) is 20.0 Å². The average Bonchev–Trinajstić information content (AvgIpc) is 2.57. The van der Waals surface area contributed by atoms with E-state index in [1.165, 1.54) is 26.4 Å². The minimum atomic E-state index is -1.87. The van der Waals surface area contributed by atoms with Gasteiger partial charge in [-0.05, 0) is 12.1 Å². The van der Waals surface area contributed by atoms with Crippen molar-refractivity contribution in [2.45, 2.75) is 0 Å². The molecule has 0 atom stereocenters. The number of carbonyl (C=O) groups excluding carboxylic acids is 1. The quantitative estimate of drug-likeness (QED) is 0.405. The Labute approximate surface area is 128 Å². The molecule has 0 spiro atoms. The van der Waals surface area contributed by atoms with Crippen molar-refractivity contribution in [1.82, 2.24) is 0 Å². The van der Waals surface area contributed by atoms with Crippen molar-refractivity contribution in [3.8, 4) is 11.5 Å². The fraction of sp³-hybridized carbons (Fsp3) is 0.133. The minimum absolute atomic E-state index is 0.0780. The normalized spacial score (nSPS) is 10.5. The molecule has 0 unspecified atom stereocenters. The predicted octanol–water partition coefficient (Wildman–Crippen LogP) is 3.07. The molecule has 2 rings (SSSR count). The maximum atomic E-state index is 13.9. The summed E-state index contributed by atoms with van der Waals surface area (Å²) < 4.78 is 64.6. The summed E-state index contributed by atoms with van der Waals surface area (Å²) >= 11 is 0. The van der Waals surface area contributed by atoms with Gasteiger partial charge in [-0.1, -0.05) is 0 Å². The van der Waals surface area contributed by atoms with Crippen LogP contribution >= 0.6 is 0 Å². The van der Waals surface area contributed by atoms with E-state index in [-0.39, 0.29) is 11.3 Å². The number of hydrogen-bond donors (Lipinski definition) is 1. The summed E-state index contributed by atoms with van der Waals surface area (Å²) in [4.78, 5) is 12.3. The largest absolute Gasteiger partial charge is 0.497 e. The molecule has 2 aromatic carbocycles. The van der Waals surface area contributed by atoms with Gasteiger partial charge in [-0.25, -0.2) is 17.6 Å². The predicted molar refractivity (Wildman–Crippen MR) is 73.7 cm³/mol. The first-order valence-electron chi connectivity index (χ1n) is 6.21. The van der Waals surface area contributed by atoms with Crippen LogP contribution in [0.1, 0.15) is 15.9 Å². The first kappa shape index (κ1) is 16.6. The van der Waals surface area contributed by atoms with Gasteiger partial charge in [-0.2, -0.15) is 0 Å². The number of anilines is 1. The third-order valence-electron chi connectivity index (χ3n) is 3.18. The van der Waals surface area contributed by atoms with Crippen molar-refractivity contribution < 1.29 is 31.8 Å². The molecular weight excluding hydrogens is 318 g/mol. The second kappa shape index (κ2) is 6.15. The molecule has 2 aromatic rings. The number of ether oxygens (including phenoxy) is 2. The lowest BCUT2D eigenvalue weighted by Crippen LogP contribution is -2.14. The lowest BCUT2D eigenvalue weighted by atomic mass is 10.00. The summed E-state index contributed by atoms with van der Waals surface area (Å²) in [7, 11) is 2.57. The first-order chi connectivity index (χ1) is 10.8. The molecule has 2 N–H and O–H groups in total. The molecule has 0 saturated heterocycles. The van der Waals surface area contributed by atoms with E-state index < -0.39 is 40.3 Å². The maximum absolute atomic E-state index is 13.9. The van der Waals surface area contributed by atoms with Gasteiger partial charge in [0.2, 0.25) is 5.78 Å². The van der Waals surface area contributed by atoms with Gasteiger partial charge in [0.15, 0.2) is 23.3 Å². The Bertz CT molecular complexity index is 764. The Morgan fingerprint density at radius 3 is 2.00 bits per heavy atom. The van der Waals surface area contributed by atoms with E-state index in [1.54, 1.807) is 0 Å². The van der Waals surface area contributed by atoms with E-state index in [4.69, 9.17) is 15.2 Å². The maximum Gasteiger partial charge on any atom is 0.202 e. The highest BCUT2D eigenvalue weighted by Crippen LogP contribution is 2.31. The molecule has 0 bridgehead atoms. The highest BCUT2D eigenvalue weighted by atomic mass is 19.2. The number of halogens is 4. The van der Waals surface area contributed by atoms with E-state index >= 15 is 0 Å². The van der Waals surface area contributed by atoms with Gasteiger partial charge in [0.05, 0.1) is 19.8 Å². The van der Waals surface area contributed by atoms with Crippen LogP contribution in [-0.2, 0) is 0 Å². The molecule has 0 saturated carbocycles. The van der Waals surface area contributed by atoms with E-state index in [0.717, 1.165) is 6.07 Å². The van der Waals surface area contributed by atoms with Crippen LogP contribution in [0.4, 0.5) is 23.2 Å². The van der Waals surface area contributed by atoms with Crippen LogP contribution < -0.4 is 15.2 Å². The average molecular weight is 329 g/mol. The Balaban J connectivity index is 2.67. The van der Waals surface area contributed by atoms with Crippen molar-refractivity contribution >= 4 is 11.5 Å². The molecule has 23 heavy (non-hydrogen) atoms. The molecule has 0 aliphatic heterocycles. The van der Waals surface area contributed by atoms with E-state index in [9.17, 15) is 22.4 Å². The number of ketones is 1. The van der Waals surface area contributed by atoms with Crippen LogP contribution in [0.2, 0.25) is 0 Å². The summed E-state index contributed by atoms with van der Waals surface area (Å²) in [5.74, 6) is -8.47. The van der Waals surface area contributed by atoms with Gasteiger partial charge in [-0.3, -0.25) is 4.79 Å². The fourth-order valence-corrected chi connectivity index (χ4v) is 1.97. The second-order valence-electron chi connectivity index (χ2n) is 4.44. The molecular formula is C15H11F4NO3. The van der Waals surface area contributed by atoms with Gasteiger partial charge in [-0.15, -0.1) is 0 Å². The van der Waals surface area contributed by atoms with Crippen LogP contribution in [0, 0.1) is 23.3 Å². The van der Waals surface area contributed by atoms with Gasteiger partial charge in [0.25, 0.3) is 0 Å². The number of benzene rings is 2. The Morgan fingerprint density at radius 1 is 0.957 bits per heavy atom. The summed E-state index contributed by atoms with van der Waals surface area (Å²) in [6.45, 7) is 0. The number of methoxy groups -OCH3 is 2. The number of hydrogen-bond acceptors (Lipinski definition) is 4. The van der Waals surface area contributed by atoms with Crippen LogP contribution in [0.15, 0.2) is 18.2 Å². The number of rotatable bonds is 4. The summed E-state index contributed by atoms with van der Waals surface area (Å²) in [6, 6.07) is 3.77. The standard InChI is InChI=1S/C15H11F4NO3/c1-22-6-3-4-7(8(5-6)23-2)15(21)9-10(16)12(18)14(20)13(19)11(9)17/h3-5H,20H2,1-2H3. The third kappa shape index (κ3) is 2.67. The zero-order chi connectivity index (χ0) is 17.3. The Kier molecular flexibility index (Phi) is 4.44. The minimum Gasteiger partial charge on any atom is -0.497 e. The van der Waals surface area contributed by atoms with Crippen LogP contribution in [0.25, 0.3) is 0 Å². The molecule has 0 amide bonds. The molecule has 0 aliphatic carbocycles.